The van der Waals surface area contributed by atoms with E-state index >= 15 is 38.4 Å². The van der Waals surface area contributed by atoms with Crippen LogP contribution in [0.25, 0.3) is 32.6 Å². The number of aliphatic carboxylic acids is 3. The summed E-state index contributed by atoms with van der Waals surface area (Å²) in [7, 11) is 0. The van der Waals surface area contributed by atoms with E-state index in [0.717, 1.165) is 5.39 Å². The van der Waals surface area contributed by atoms with Crippen molar-refractivity contribution in [1.29, 1.82) is 10.8 Å². The summed E-state index contributed by atoms with van der Waals surface area (Å²) in [6.45, 7) is -2.06. The van der Waals surface area contributed by atoms with E-state index in [2.05, 4.69) is 78.4 Å². The lowest BCUT2D eigenvalue weighted by Crippen LogP contribution is -2.61. The minimum absolute atomic E-state index is 0.00828. The number of hydrogen-bond donors (Lipinski definition) is 22. The van der Waals surface area contributed by atoms with Crippen molar-refractivity contribution in [3.63, 3.8) is 0 Å². The van der Waals surface area contributed by atoms with E-state index in [9.17, 15) is 49.2 Å². The van der Waals surface area contributed by atoms with Crippen molar-refractivity contribution in [1.82, 2.24) is 97.6 Å². The number of ketones is 1. The third-order valence-corrected chi connectivity index (χ3v) is 24.6. The highest BCUT2D eigenvalue weighted by molar-refractivity contribution is 6.09. The second-order valence-corrected chi connectivity index (χ2v) is 34.9. The summed E-state index contributed by atoms with van der Waals surface area (Å²) >= 11 is 0. The first-order valence-corrected chi connectivity index (χ1v) is 46.6. The maximum Gasteiger partial charge on any atom is 0.317 e. The number of aromatic nitrogens is 4. The van der Waals surface area contributed by atoms with E-state index < -0.39 is 170 Å². The predicted molar refractivity (Wildman–Crippen MR) is 523 cm³/mol. The van der Waals surface area contributed by atoms with Gasteiger partial charge in [0.2, 0.25) is 59.1 Å². The molecule has 3 aromatic heterocycles. The van der Waals surface area contributed by atoms with Crippen molar-refractivity contribution in [3.8, 4) is 0 Å². The zero-order chi connectivity index (χ0) is 100. The van der Waals surface area contributed by atoms with Gasteiger partial charge in [0.1, 0.15) is 54.4 Å². The highest BCUT2D eigenvalue weighted by atomic mass is 16.4. The highest BCUT2D eigenvalue weighted by Gasteiger charge is 2.41. The number of anilines is 1. The first-order valence-electron chi connectivity index (χ1n) is 46.6. The maximum atomic E-state index is 15.7. The average molecular weight is 1930 g/mol. The minimum Gasteiger partial charge on any atom is -0.480 e. The molecule has 1 unspecified atom stereocenters. The summed E-state index contributed by atoms with van der Waals surface area (Å²) in [5, 5.41) is 90.0. The minimum atomic E-state index is -1.93. The Bertz CT molecular complexity index is 6010. The summed E-state index contributed by atoms with van der Waals surface area (Å²) in [5.74, 6) is -13.3. The number of nitrogens with one attached hydrogen (secondary N) is 16. The van der Waals surface area contributed by atoms with Gasteiger partial charge in [-0.3, -0.25) is 97.5 Å². The monoisotopic (exact) mass is 1930 g/mol. The van der Waals surface area contributed by atoms with Crippen LogP contribution in [0.5, 0.6) is 0 Å². The quantitative estimate of drug-likeness (QED) is 0.0108. The molecule has 10 aromatic rings. The van der Waals surface area contributed by atoms with Crippen LogP contribution < -0.4 is 70.0 Å². The largest absolute Gasteiger partial charge is 0.480 e. The van der Waals surface area contributed by atoms with Crippen molar-refractivity contribution >= 4 is 133 Å². The van der Waals surface area contributed by atoms with Gasteiger partial charge in [0.15, 0.2) is 17.7 Å². The van der Waals surface area contributed by atoms with E-state index in [1.807, 2.05) is 30.3 Å². The van der Waals surface area contributed by atoms with Crippen molar-refractivity contribution in [2.24, 2.45) is 11.5 Å². The normalized spacial score (nSPS) is 15.7. The topological polar surface area (TPSA) is 628 Å². The summed E-state index contributed by atoms with van der Waals surface area (Å²) in [5.41, 5.74) is 16.4. The van der Waals surface area contributed by atoms with Crippen molar-refractivity contribution in [2.45, 2.75) is 125 Å². The number of imidazole rings is 1. The molecule has 7 aromatic carbocycles. The number of guanidine groups is 2. The van der Waals surface area contributed by atoms with E-state index in [-0.39, 0.29) is 154 Å². The van der Waals surface area contributed by atoms with Gasteiger partial charge >= 0.3 is 17.9 Å². The number of benzene rings is 7. The van der Waals surface area contributed by atoms with Crippen molar-refractivity contribution < 1.29 is 87.5 Å². The average Bonchev–Trinajstić information content (AvgIpc) is 1.25. The third kappa shape index (κ3) is 31.1. The fourth-order valence-electron chi connectivity index (χ4n) is 17.3. The highest BCUT2D eigenvalue weighted by Crippen LogP contribution is 2.27. The number of aromatic amines is 3. The zero-order valence-electron chi connectivity index (χ0n) is 77.7. The first-order chi connectivity index (χ1) is 68.0. The van der Waals surface area contributed by atoms with Crippen molar-refractivity contribution in [2.75, 3.05) is 110 Å². The molecular weight excluding hydrogens is 1810 g/mol. The van der Waals surface area contributed by atoms with Gasteiger partial charge in [-0.2, -0.15) is 0 Å². The van der Waals surface area contributed by atoms with Crippen molar-refractivity contribution in [3.05, 3.63) is 240 Å². The van der Waals surface area contributed by atoms with Gasteiger partial charge in [0, 0.05) is 167 Å². The number of likely N-dealkylation sites (tertiary alicyclic amines) is 1. The Labute approximate surface area is 811 Å². The number of hydrogen-bond acceptors (Lipinski definition) is 22. The Balaban J connectivity index is 0.804. The molecular formula is C99H120N24O18. The van der Waals surface area contributed by atoms with Crippen LogP contribution in [0, 0.1) is 10.8 Å². The molecule has 0 bridgehead atoms. The number of nitrogens with two attached hydrogens (primary N) is 2. The Morgan fingerprint density at radius 3 is 1.31 bits per heavy atom. The summed E-state index contributed by atoms with van der Waals surface area (Å²) < 4.78 is 0. The fraction of sp³-hybridized carbons (Fsp3) is 0.364. The lowest BCUT2D eigenvalue weighted by molar-refractivity contribution is -0.140. The number of aliphatic hydroxyl groups excluding tert-OH is 1. The van der Waals surface area contributed by atoms with Gasteiger partial charge in [-0.1, -0.05) is 152 Å². The van der Waals surface area contributed by atoms with Crippen LogP contribution in [0.3, 0.4) is 0 Å². The molecule has 2 aliphatic heterocycles. The number of para-hydroxylation sites is 3. The number of carbonyl (C=O) groups excluding carboxylic acids is 11. The molecule has 5 heterocycles. The summed E-state index contributed by atoms with van der Waals surface area (Å²) in [6.07, 6.45) is 4.99. The van der Waals surface area contributed by atoms with Crippen LogP contribution in [-0.4, -0.2) is 319 Å². The number of amides is 10. The molecule has 0 radical (unpaired) electrons. The number of rotatable bonds is 47. The molecule has 141 heavy (non-hydrogen) atoms. The standard InChI is InChI=1S/C99H120N24O18/c100-98(101)105-36-14-29-75(112-91(135)77(48-65-21-13-20-62-17-7-8-24-70(62)65)111-84(125)55-119-39-41-120(56-85(126)127)43-45-122(58-87(130)131)46-44-121(42-40-119)57-86(128)129)89(133)115-79(50-67-53-108-74-28-12-10-26-72(67)74)93(137)118-82(59-124)95(139)116-80(51-69-54-104-60-109-69)94(138)113-76(30-15-37-106-99(102)103)90(134)114-78(49-66-52-107-73-27-11-9-25-71(66)73)92(136)117-81(47-61-32-34-64(35-33-61)88(132)63-18-3-1-4-19-63)97(141)123-38-16-31-83(123)96(140)110-68-22-5-2-6-23-68/h1-13,17-28,32-35,52-54,60,75-83,107-108,124H,14-16,29-31,36-51,55-59H2,(H,104,109)(H,110,140)(H,111,125)(H,112,135)(H,113,138)(H,114,134)(H,115,133)(H,116,139)(H,117,136)(H,118,137)(H,126,127)(H,128,129)(H,130,131)(H4,100,101,105)(H4,102,103,106)/t75-,76+,77?,78-,79-,80-,81-,82-,83-/m0/s1. The molecule has 0 saturated carbocycles. The van der Waals surface area contributed by atoms with Gasteiger partial charge in [-0.05, 0) is 95.8 Å². The molecule has 12 rings (SSSR count). The number of carboxylic acid groups (broad SMARTS) is 3. The number of aliphatic hydroxyl groups is 1. The molecule has 9 atom stereocenters. The molecule has 744 valence electrons. The van der Waals surface area contributed by atoms with Crippen LogP contribution in [0.1, 0.15) is 82.4 Å². The molecule has 2 saturated heterocycles. The summed E-state index contributed by atoms with van der Waals surface area (Å²) in [6, 6.07) is 36.8. The van der Waals surface area contributed by atoms with Crippen LogP contribution in [0.15, 0.2) is 201 Å². The van der Waals surface area contributed by atoms with Gasteiger partial charge in [-0.25, -0.2) is 4.98 Å². The second-order valence-electron chi connectivity index (χ2n) is 34.9. The Kier molecular flexibility index (Phi) is 38.1. The van der Waals surface area contributed by atoms with E-state index in [1.165, 1.54) is 17.4 Å². The number of fused-ring (bicyclic) bond motifs is 3. The third-order valence-electron chi connectivity index (χ3n) is 24.6. The van der Waals surface area contributed by atoms with Gasteiger partial charge < -0.3 is 110 Å². The molecule has 42 heteroatoms. The Morgan fingerprint density at radius 1 is 0.411 bits per heavy atom. The first kappa shape index (κ1) is 104. The SMILES string of the molecule is N=C(N)NCCC[C@H](NC(=O)C(Cc1cccc2ccccc12)NC(=O)CN1CCN(CC(=O)O)CCN(CC(=O)O)CCN(CC(=O)O)CC1)C(=O)N[C@@H](Cc1c[nH]c2ccccc12)C(=O)N[C@@H](CO)C(=O)N[C@@H](Cc1cnc[nH]1)C(=O)N[C@H](CCCNC(=N)N)C(=O)N[C@@H](Cc1c[nH]c2ccccc12)C(=O)N[C@@H](Cc1ccc(C(=O)c2ccccc2)cc1)C(=O)N1CCC[C@H]1C(=O)Nc1ccccc1. The van der Waals surface area contributed by atoms with Crippen LogP contribution in [0.4, 0.5) is 5.69 Å². The van der Waals surface area contributed by atoms with E-state index in [4.69, 9.17) is 22.3 Å². The van der Waals surface area contributed by atoms with E-state index in [0.29, 0.717) is 72.7 Å². The number of carbonyl (C=O) groups is 14. The zero-order valence-corrected chi connectivity index (χ0v) is 77.7. The number of nitrogens with zero attached hydrogens (tertiary/aromatic N) is 6. The van der Waals surface area contributed by atoms with Gasteiger partial charge in [0.05, 0.1) is 39.1 Å². The molecule has 2 aliphatic rings. The van der Waals surface area contributed by atoms with Gasteiger partial charge in [-0.15, -0.1) is 0 Å². The Morgan fingerprint density at radius 2 is 0.823 bits per heavy atom. The van der Waals surface area contributed by atoms with Gasteiger partial charge in [0.25, 0.3) is 0 Å². The Hall–Kier alpha value is -15.8. The molecule has 2 fully saturated rings. The molecule has 42 nitrogen and oxygen atoms in total. The molecule has 10 amide bonds. The molecule has 0 spiro atoms. The second kappa shape index (κ2) is 51.6. The fourth-order valence-corrected chi connectivity index (χ4v) is 17.3. The number of carboxylic acids is 3. The van der Waals surface area contributed by atoms with Crippen LogP contribution in [0.2, 0.25) is 0 Å². The number of H-pyrrole nitrogens is 3. The van der Waals surface area contributed by atoms with Crippen LogP contribution in [-0.2, 0) is 94.4 Å². The van der Waals surface area contributed by atoms with E-state index in [1.54, 1.807) is 178 Å². The summed E-state index contributed by atoms with van der Waals surface area (Å²) in [4.78, 5) is 224. The lowest BCUT2D eigenvalue weighted by atomic mass is 9.97. The van der Waals surface area contributed by atoms with Crippen LogP contribution >= 0.6 is 0 Å². The maximum absolute atomic E-state index is 15.7. The molecule has 24 N–H and O–H groups in total. The predicted octanol–water partition coefficient (Wildman–Crippen LogP) is 0.772. The smallest absolute Gasteiger partial charge is 0.317 e. The lowest BCUT2D eigenvalue weighted by Gasteiger charge is -2.33. The molecule has 0 aliphatic carbocycles.